The van der Waals surface area contributed by atoms with E-state index in [1.54, 1.807) is 36.4 Å². The Kier molecular flexibility index (Phi) is 9.44. The van der Waals surface area contributed by atoms with Crippen molar-refractivity contribution in [3.63, 3.8) is 0 Å². The first-order chi connectivity index (χ1) is 18.3. The number of nitrogens with one attached hydrogen (secondary N) is 2. The Morgan fingerprint density at radius 1 is 1.03 bits per heavy atom. The molecule has 198 valence electrons. The van der Waals surface area contributed by atoms with Gasteiger partial charge in [0.1, 0.15) is 11.5 Å². The molecule has 0 aliphatic carbocycles. The predicted molar refractivity (Wildman–Crippen MR) is 158 cm³/mol. The van der Waals surface area contributed by atoms with Gasteiger partial charge in [0.15, 0.2) is 5.11 Å². The van der Waals surface area contributed by atoms with Crippen LogP contribution in [0.2, 0.25) is 10.0 Å². The van der Waals surface area contributed by atoms with Gasteiger partial charge in [-0.05, 0) is 79.3 Å². The van der Waals surface area contributed by atoms with Crippen LogP contribution in [-0.2, 0) is 9.59 Å². The molecular weight excluding hydrogens is 543 g/mol. The van der Waals surface area contributed by atoms with Crippen molar-refractivity contribution in [3.05, 3.63) is 76.5 Å². The number of carbonyl (C=O) groups is 2. The third kappa shape index (κ3) is 7.37. The SMILES string of the molecule is CCCC(=O)N1CCN(c2ccc(NC(=S)NC(=O)/C=C/c3ccc(-c4ccc(Cl)cc4Cl)o3)cc2)CC1. The number of piperazine rings is 1. The summed E-state index contributed by atoms with van der Waals surface area (Å²) in [6.45, 7) is 5.08. The standard InChI is InChI=1S/C28H28Cl2N4O3S/c1-2-3-27(36)34-16-14-33(15-17-34)21-7-5-20(6-8-21)31-28(38)32-26(35)13-10-22-9-12-25(37-22)23-11-4-19(29)18-24(23)30/h4-13,18H,2-3,14-17H2,1H3,(H2,31,32,35,38)/b13-10+. The van der Waals surface area contributed by atoms with Crippen LogP contribution in [-0.4, -0.2) is 48.0 Å². The van der Waals surface area contributed by atoms with Gasteiger partial charge < -0.3 is 19.5 Å². The van der Waals surface area contributed by atoms with Gasteiger partial charge in [-0.25, -0.2) is 0 Å². The Hall–Kier alpha value is -3.33. The van der Waals surface area contributed by atoms with Crippen LogP contribution >= 0.6 is 35.4 Å². The van der Waals surface area contributed by atoms with E-state index in [0.717, 1.165) is 44.0 Å². The maximum atomic E-state index is 12.3. The van der Waals surface area contributed by atoms with Gasteiger partial charge in [-0.15, -0.1) is 0 Å². The van der Waals surface area contributed by atoms with E-state index in [0.29, 0.717) is 33.6 Å². The molecule has 7 nitrogen and oxygen atoms in total. The Morgan fingerprint density at radius 2 is 1.76 bits per heavy atom. The summed E-state index contributed by atoms with van der Waals surface area (Å²) in [4.78, 5) is 28.6. The summed E-state index contributed by atoms with van der Waals surface area (Å²) < 4.78 is 5.76. The highest BCUT2D eigenvalue weighted by Gasteiger charge is 2.20. The number of benzene rings is 2. The minimum absolute atomic E-state index is 0.184. The quantitative estimate of drug-likeness (QED) is 0.259. The van der Waals surface area contributed by atoms with Gasteiger partial charge in [0.25, 0.3) is 0 Å². The fraction of sp³-hybridized carbons (Fsp3) is 0.250. The zero-order valence-corrected chi connectivity index (χ0v) is 23.2. The minimum atomic E-state index is -0.392. The molecule has 2 heterocycles. The van der Waals surface area contributed by atoms with Crippen LogP contribution in [0.15, 0.2) is 65.1 Å². The first kappa shape index (κ1) is 27.7. The van der Waals surface area contributed by atoms with Crippen LogP contribution in [0.5, 0.6) is 0 Å². The summed E-state index contributed by atoms with van der Waals surface area (Å²) in [7, 11) is 0. The highest BCUT2D eigenvalue weighted by molar-refractivity contribution is 7.80. The zero-order chi connectivity index (χ0) is 27.1. The van der Waals surface area contributed by atoms with Crippen molar-refractivity contribution in [1.82, 2.24) is 10.2 Å². The molecule has 2 aromatic carbocycles. The first-order valence-corrected chi connectivity index (χ1v) is 13.5. The highest BCUT2D eigenvalue weighted by atomic mass is 35.5. The zero-order valence-electron chi connectivity index (χ0n) is 20.9. The third-order valence-corrected chi connectivity index (χ3v) is 6.80. The smallest absolute Gasteiger partial charge is 0.250 e. The summed E-state index contributed by atoms with van der Waals surface area (Å²) in [5, 5.41) is 6.85. The Bertz CT molecular complexity index is 1330. The van der Waals surface area contributed by atoms with Crippen molar-refractivity contribution < 1.29 is 14.0 Å². The van der Waals surface area contributed by atoms with Crippen molar-refractivity contribution >= 4 is 69.8 Å². The van der Waals surface area contributed by atoms with E-state index in [1.807, 2.05) is 36.1 Å². The van der Waals surface area contributed by atoms with E-state index in [1.165, 1.54) is 6.08 Å². The second kappa shape index (κ2) is 13.0. The molecule has 1 aromatic heterocycles. The lowest BCUT2D eigenvalue weighted by Gasteiger charge is -2.36. The Labute approximate surface area is 237 Å². The molecule has 1 saturated heterocycles. The molecule has 0 saturated carbocycles. The molecule has 0 spiro atoms. The topological polar surface area (TPSA) is 77.8 Å². The largest absolute Gasteiger partial charge is 0.457 e. The number of anilines is 2. The fourth-order valence-electron chi connectivity index (χ4n) is 4.09. The fourth-order valence-corrected chi connectivity index (χ4v) is 4.81. The van der Waals surface area contributed by atoms with Crippen LogP contribution < -0.4 is 15.5 Å². The van der Waals surface area contributed by atoms with Crippen LogP contribution in [0, 0.1) is 0 Å². The average Bonchev–Trinajstić information content (AvgIpc) is 3.37. The van der Waals surface area contributed by atoms with Gasteiger partial charge in [0.2, 0.25) is 11.8 Å². The first-order valence-electron chi connectivity index (χ1n) is 12.3. The number of furan rings is 1. The van der Waals surface area contributed by atoms with Gasteiger partial charge in [0, 0.05) is 60.6 Å². The number of amides is 2. The molecule has 10 heteroatoms. The summed E-state index contributed by atoms with van der Waals surface area (Å²) in [5.41, 5.74) is 2.55. The number of halogens is 2. The van der Waals surface area contributed by atoms with Gasteiger partial charge in [-0.3, -0.25) is 14.9 Å². The monoisotopic (exact) mass is 570 g/mol. The molecule has 1 aliphatic heterocycles. The molecular formula is C28H28Cl2N4O3S. The second-order valence-electron chi connectivity index (χ2n) is 8.77. The summed E-state index contributed by atoms with van der Waals surface area (Å²) in [6, 6.07) is 16.5. The Balaban J connectivity index is 1.25. The molecule has 1 fully saturated rings. The van der Waals surface area contributed by atoms with Gasteiger partial charge >= 0.3 is 0 Å². The number of nitrogens with zero attached hydrogens (tertiary/aromatic N) is 2. The van der Waals surface area contributed by atoms with Crippen molar-refractivity contribution in [2.75, 3.05) is 36.4 Å². The summed E-state index contributed by atoms with van der Waals surface area (Å²) in [6.07, 6.45) is 4.37. The van der Waals surface area contributed by atoms with Crippen LogP contribution in [0.1, 0.15) is 25.5 Å². The van der Waals surface area contributed by atoms with Crippen molar-refractivity contribution in [3.8, 4) is 11.3 Å². The number of thiocarbonyl (C=S) groups is 1. The summed E-state index contributed by atoms with van der Waals surface area (Å²) >= 11 is 17.5. The molecule has 0 atom stereocenters. The van der Waals surface area contributed by atoms with Gasteiger partial charge in [-0.2, -0.15) is 0 Å². The number of carbonyl (C=O) groups excluding carboxylic acids is 2. The lowest BCUT2D eigenvalue weighted by molar-refractivity contribution is -0.131. The third-order valence-electron chi connectivity index (χ3n) is 6.05. The molecule has 1 aliphatic rings. The molecule has 38 heavy (non-hydrogen) atoms. The molecule has 2 N–H and O–H groups in total. The maximum Gasteiger partial charge on any atom is 0.250 e. The van der Waals surface area contributed by atoms with E-state index >= 15 is 0 Å². The van der Waals surface area contributed by atoms with Crippen LogP contribution in [0.25, 0.3) is 17.4 Å². The minimum Gasteiger partial charge on any atom is -0.457 e. The molecule has 3 aromatic rings. The van der Waals surface area contributed by atoms with E-state index in [2.05, 4.69) is 15.5 Å². The van der Waals surface area contributed by atoms with Crippen LogP contribution in [0.4, 0.5) is 11.4 Å². The van der Waals surface area contributed by atoms with Crippen molar-refractivity contribution in [1.29, 1.82) is 0 Å². The molecule has 0 unspecified atom stereocenters. The number of hydrogen-bond acceptors (Lipinski definition) is 5. The van der Waals surface area contributed by atoms with E-state index in [4.69, 9.17) is 39.8 Å². The van der Waals surface area contributed by atoms with E-state index in [9.17, 15) is 9.59 Å². The summed E-state index contributed by atoms with van der Waals surface area (Å²) in [5.74, 6) is 0.899. The average molecular weight is 572 g/mol. The lowest BCUT2D eigenvalue weighted by atomic mass is 10.2. The maximum absolute atomic E-state index is 12.3. The highest BCUT2D eigenvalue weighted by Crippen LogP contribution is 2.31. The molecule has 2 amide bonds. The Morgan fingerprint density at radius 3 is 2.45 bits per heavy atom. The predicted octanol–water partition coefficient (Wildman–Crippen LogP) is 6.23. The lowest BCUT2D eigenvalue weighted by Crippen LogP contribution is -2.48. The molecule has 0 radical (unpaired) electrons. The second-order valence-corrected chi connectivity index (χ2v) is 10.0. The van der Waals surface area contributed by atoms with Crippen LogP contribution in [0.3, 0.4) is 0 Å². The normalized spacial score (nSPS) is 13.6. The molecule has 4 rings (SSSR count). The number of rotatable bonds is 7. The number of hydrogen-bond donors (Lipinski definition) is 2. The van der Waals surface area contributed by atoms with E-state index < -0.39 is 5.91 Å². The van der Waals surface area contributed by atoms with Gasteiger partial charge in [0.05, 0.1) is 5.02 Å². The van der Waals surface area contributed by atoms with Gasteiger partial charge in [-0.1, -0.05) is 30.1 Å². The molecule has 0 bridgehead atoms. The van der Waals surface area contributed by atoms with Crippen molar-refractivity contribution in [2.24, 2.45) is 0 Å². The van der Waals surface area contributed by atoms with E-state index in [-0.39, 0.29) is 11.0 Å². The van der Waals surface area contributed by atoms with Crippen molar-refractivity contribution in [2.45, 2.75) is 19.8 Å².